The van der Waals surface area contributed by atoms with Crippen LogP contribution in [0.4, 0.5) is 20.4 Å². The van der Waals surface area contributed by atoms with E-state index in [0.29, 0.717) is 17.3 Å². The largest absolute Gasteiger partial charge is 0.372 e. The Kier molecular flexibility index (Phi) is 2.84. The van der Waals surface area contributed by atoms with Gasteiger partial charge in [-0.2, -0.15) is 0 Å². The summed E-state index contributed by atoms with van der Waals surface area (Å²) in [5.74, 6) is 0.930. The Morgan fingerprint density at radius 3 is 3.00 bits per heavy atom. The molecule has 0 aliphatic carbocycles. The zero-order valence-electron chi connectivity index (χ0n) is 8.61. The van der Waals surface area contributed by atoms with Crippen LogP contribution in [-0.4, -0.2) is 34.4 Å². The maximum atomic E-state index is 12.1. The van der Waals surface area contributed by atoms with E-state index in [1.165, 1.54) is 0 Å². The summed E-state index contributed by atoms with van der Waals surface area (Å²) in [5.41, 5.74) is 0.527. The van der Waals surface area contributed by atoms with E-state index in [9.17, 15) is 8.78 Å². The average Bonchev–Trinajstić information content (AvgIpc) is 2.73. The molecule has 0 aromatic carbocycles. The van der Waals surface area contributed by atoms with Crippen molar-refractivity contribution >= 4 is 17.3 Å². The number of halogens is 2. The fraction of sp³-hybridized carbons (Fsp3) is 0.333. The summed E-state index contributed by atoms with van der Waals surface area (Å²) < 4.78 is 25.9. The second kappa shape index (κ2) is 4.30. The zero-order valence-corrected chi connectivity index (χ0v) is 8.61. The molecule has 0 saturated heterocycles. The third kappa shape index (κ3) is 2.02. The van der Waals surface area contributed by atoms with Crippen LogP contribution in [0.15, 0.2) is 18.6 Å². The molecule has 0 spiro atoms. The van der Waals surface area contributed by atoms with Crippen molar-refractivity contribution in [1.82, 2.24) is 14.4 Å². The van der Waals surface area contributed by atoms with Gasteiger partial charge in [0, 0.05) is 19.4 Å². The van der Waals surface area contributed by atoms with Gasteiger partial charge in [0.2, 0.25) is 0 Å². The van der Waals surface area contributed by atoms with Crippen LogP contribution in [0.25, 0.3) is 5.65 Å². The van der Waals surface area contributed by atoms with Crippen molar-refractivity contribution in [2.45, 2.75) is 6.43 Å². The molecule has 0 saturated carbocycles. The lowest BCUT2D eigenvalue weighted by Gasteiger charge is -2.08. The predicted molar refractivity (Wildman–Crippen MR) is 57.0 cm³/mol. The van der Waals surface area contributed by atoms with E-state index in [1.807, 2.05) is 0 Å². The van der Waals surface area contributed by atoms with Crippen LogP contribution in [0.1, 0.15) is 0 Å². The number of nitrogens with zero attached hydrogens (tertiary/aromatic N) is 3. The van der Waals surface area contributed by atoms with Gasteiger partial charge in [0.05, 0.1) is 12.7 Å². The SMILES string of the molecule is CNc1cn2ccnc2c(NCC(F)F)n1. The molecule has 0 fully saturated rings. The molecule has 0 aliphatic rings. The Bertz CT molecular complexity index is 482. The topological polar surface area (TPSA) is 54.2 Å². The molecule has 0 bridgehead atoms. The molecular weight excluding hydrogens is 216 g/mol. The van der Waals surface area contributed by atoms with Gasteiger partial charge in [-0.1, -0.05) is 0 Å². The smallest absolute Gasteiger partial charge is 0.255 e. The molecule has 2 rings (SSSR count). The number of hydrogen-bond donors (Lipinski definition) is 2. The van der Waals surface area contributed by atoms with Crippen molar-refractivity contribution in [1.29, 1.82) is 0 Å². The van der Waals surface area contributed by atoms with Crippen molar-refractivity contribution in [2.24, 2.45) is 0 Å². The van der Waals surface area contributed by atoms with Gasteiger partial charge in [-0.15, -0.1) is 0 Å². The van der Waals surface area contributed by atoms with Gasteiger partial charge < -0.3 is 15.0 Å². The molecule has 2 heterocycles. The Hall–Kier alpha value is -1.92. The lowest BCUT2D eigenvalue weighted by molar-refractivity contribution is 0.163. The molecule has 0 aliphatic heterocycles. The third-order valence-corrected chi connectivity index (χ3v) is 2.05. The van der Waals surface area contributed by atoms with Crippen molar-refractivity contribution in [3.05, 3.63) is 18.6 Å². The normalized spacial score (nSPS) is 11.0. The van der Waals surface area contributed by atoms with Gasteiger partial charge in [0.25, 0.3) is 6.43 Å². The van der Waals surface area contributed by atoms with Crippen LogP contribution >= 0.6 is 0 Å². The first kappa shape index (κ1) is 10.6. The molecule has 2 aromatic heterocycles. The highest BCUT2D eigenvalue weighted by Crippen LogP contribution is 2.16. The monoisotopic (exact) mass is 227 g/mol. The van der Waals surface area contributed by atoms with Crippen molar-refractivity contribution in [3.8, 4) is 0 Å². The first-order valence-electron chi connectivity index (χ1n) is 4.74. The summed E-state index contributed by atoms with van der Waals surface area (Å²) in [6.07, 6.45) is 2.63. The highest BCUT2D eigenvalue weighted by atomic mass is 19.3. The summed E-state index contributed by atoms with van der Waals surface area (Å²) in [7, 11) is 1.71. The molecule has 2 aromatic rings. The van der Waals surface area contributed by atoms with Crippen LogP contribution in [0.2, 0.25) is 0 Å². The van der Waals surface area contributed by atoms with E-state index in [4.69, 9.17) is 0 Å². The van der Waals surface area contributed by atoms with E-state index in [0.717, 1.165) is 0 Å². The van der Waals surface area contributed by atoms with Crippen molar-refractivity contribution in [3.63, 3.8) is 0 Å². The van der Waals surface area contributed by atoms with E-state index in [-0.39, 0.29) is 0 Å². The molecule has 2 N–H and O–H groups in total. The minimum Gasteiger partial charge on any atom is -0.372 e. The van der Waals surface area contributed by atoms with Crippen LogP contribution < -0.4 is 10.6 Å². The van der Waals surface area contributed by atoms with Gasteiger partial charge in [-0.3, -0.25) is 0 Å². The quantitative estimate of drug-likeness (QED) is 0.830. The Morgan fingerprint density at radius 2 is 2.31 bits per heavy atom. The molecule has 0 atom stereocenters. The minimum absolute atomic E-state index is 0.345. The van der Waals surface area contributed by atoms with E-state index < -0.39 is 13.0 Å². The van der Waals surface area contributed by atoms with Gasteiger partial charge >= 0.3 is 0 Å². The number of hydrogen-bond acceptors (Lipinski definition) is 4. The maximum absolute atomic E-state index is 12.1. The summed E-state index contributed by atoms with van der Waals surface area (Å²) in [5, 5.41) is 5.41. The number of anilines is 2. The molecule has 86 valence electrons. The standard InChI is InChI=1S/C9H11F2N5/c1-12-7-5-16-3-2-13-9(16)8(15-7)14-4-6(10)11/h2-3,5-6,12H,4H2,1H3,(H,14,15). The first-order valence-corrected chi connectivity index (χ1v) is 4.74. The lowest BCUT2D eigenvalue weighted by Crippen LogP contribution is -2.13. The van der Waals surface area contributed by atoms with Crippen LogP contribution in [-0.2, 0) is 0 Å². The summed E-state index contributed by atoms with van der Waals surface area (Å²) in [6.45, 7) is -0.442. The molecule has 0 amide bonds. The van der Waals surface area contributed by atoms with Gasteiger partial charge in [-0.05, 0) is 0 Å². The Labute approximate surface area is 90.5 Å². The molecule has 5 nitrogen and oxygen atoms in total. The number of aromatic nitrogens is 3. The molecule has 16 heavy (non-hydrogen) atoms. The first-order chi connectivity index (χ1) is 7.70. The van der Waals surface area contributed by atoms with E-state index in [2.05, 4.69) is 20.6 Å². The molecule has 0 radical (unpaired) electrons. The van der Waals surface area contributed by atoms with E-state index in [1.54, 1.807) is 30.0 Å². The van der Waals surface area contributed by atoms with Crippen LogP contribution in [0.3, 0.4) is 0 Å². The van der Waals surface area contributed by atoms with Crippen LogP contribution in [0.5, 0.6) is 0 Å². The number of imidazole rings is 1. The van der Waals surface area contributed by atoms with Crippen molar-refractivity contribution < 1.29 is 8.78 Å². The van der Waals surface area contributed by atoms with Gasteiger partial charge in [-0.25, -0.2) is 18.7 Å². The summed E-state index contributed by atoms with van der Waals surface area (Å²) in [6, 6.07) is 0. The highest BCUT2D eigenvalue weighted by Gasteiger charge is 2.08. The Morgan fingerprint density at radius 1 is 1.50 bits per heavy atom. The number of nitrogens with one attached hydrogen (secondary N) is 2. The second-order valence-electron chi connectivity index (χ2n) is 3.15. The number of rotatable bonds is 4. The van der Waals surface area contributed by atoms with E-state index >= 15 is 0 Å². The highest BCUT2D eigenvalue weighted by molar-refractivity contribution is 5.65. The Balaban J connectivity index is 2.36. The van der Waals surface area contributed by atoms with Gasteiger partial charge in [0.15, 0.2) is 11.5 Å². The minimum atomic E-state index is -2.42. The number of fused-ring (bicyclic) bond motifs is 1. The third-order valence-electron chi connectivity index (χ3n) is 2.05. The molecule has 0 unspecified atom stereocenters. The lowest BCUT2D eigenvalue weighted by atomic mass is 10.5. The van der Waals surface area contributed by atoms with Gasteiger partial charge in [0.1, 0.15) is 5.82 Å². The molecular formula is C9H11F2N5. The van der Waals surface area contributed by atoms with Crippen molar-refractivity contribution in [2.75, 3.05) is 24.2 Å². The molecule has 7 heteroatoms. The fourth-order valence-corrected chi connectivity index (χ4v) is 1.34. The zero-order chi connectivity index (χ0) is 11.5. The average molecular weight is 227 g/mol. The predicted octanol–water partition coefficient (Wildman–Crippen LogP) is 1.45. The second-order valence-corrected chi connectivity index (χ2v) is 3.15. The summed E-state index contributed by atoms with van der Waals surface area (Å²) >= 11 is 0. The maximum Gasteiger partial charge on any atom is 0.255 e. The summed E-state index contributed by atoms with van der Waals surface area (Å²) in [4.78, 5) is 8.16. The number of alkyl halides is 2. The van der Waals surface area contributed by atoms with Crippen LogP contribution in [0, 0.1) is 0 Å². The fourth-order valence-electron chi connectivity index (χ4n) is 1.34.